The van der Waals surface area contributed by atoms with Crippen molar-refractivity contribution in [3.05, 3.63) is 71.3 Å². The van der Waals surface area contributed by atoms with Crippen LogP contribution in [0.25, 0.3) is 0 Å². The molecule has 2 rings (SSSR count). The third kappa shape index (κ3) is 3.64. The van der Waals surface area contributed by atoms with Gasteiger partial charge in [0.15, 0.2) is 0 Å². The van der Waals surface area contributed by atoms with Gasteiger partial charge in [0.1, 0.15) is 11.6 Å². The summed E-state index contributed by atoms with van der Waals surface area (Å²) < 4.78 is 26.2. The summed E-state index contributed by atoms with van der Waals surface area (Å²) in [6.45, 7) is 4.07. The van der Waals surface area contributed by atoms with Crippen LogP contribution in [0, 0.1) is 11.6 Å². The maximum atomic E-state index is 13.2. The van der Waals surface area contributed by atoms with Crippen molar-refractivity contribution in [2.75, 3.05) is 0 Å². The van der Waals surface area contributed by atoms with Gasteiger partial charge in [0, 0.05) is 12.1 Å². The van der Waals surface area contributed by atoms with E-state index in [0.29, 0.717) is 0 Å². The summed E-state index contributed by atoms with van der Waals surface area (Å²) >= 11 is 0. The van der Waals surface area contributed by atoms with Crippen molar-refractivity contribution in [1.82, 2.24) is 5.32 Å². The van der Waals surface area contributed by atoms with Crippen molar-refractivity contribution in [2.45, 2.75) is 32.4 Å². The zero-order chi connectivity index (χ0) is 14.5. The minimum absolute atomic E-state index is 0.0284. The molecule has 0 fully saturated rings. The number of rotatable bonds is 5. The molecule has 0 saturated heterocycles. The van der Waals surface area contributed by atoms with Crippen molar-refractivity contribution in [3.8, 4) is 0 Å². The van der Waals surface area contributed by atoms with Crippen molar-refractivity contribution in [1.29, 1.82) is 0 Å². The summed E-state index contributed by atoms with van der Waals surface area (Å²) in [5.74, 6) is -0.465. The highest BCUT2D eigenvalue weighted by Gasteiger charge is 2.14. The van der Waals surface area contributed by atoms with E-state index in [4.69, 9.17) is 0 Å². The number of hydrogen-bond acceptors (Lipinski definition) is 1. The highest BCUT2D eigenvalue weighted by atomic mass is 19.1. The van der Waals surface area contributed by atoms with Crippen LogP contribution in [-0.4, -0.2) is 0 Å². The van der Waals surface area contributed by atoms with Crippen LogP contribution in [0.1, 0.15) is 43.5 Å². The lowest BCUT2D eigenvalue weighted by Crippen LogP contribution is -2.24. The molecule has 0 amide bonds. The Labute approximate surface area is 118 Å². The van der Waals surface area contributed by atoms with Crippen LogP contribution in [-0.2, 0) is 0 Å². The van der Waals surface area contributed by atoms with Gasteiger partial charge in [0.25, 0.3) is 0 Å². The van der Waals surface area contributed by atoms with Gasteiger partial charge in [-0.05, 0) is 48.7 Å². The standard InChI is InChI=1S/C17H19F2N/c1-3-17(13-7-9-15(18)10-8-13)20-12(2)14-5-4-6-16(19)11-14/h4-12,17,20H,3H2,1-2H3/t12-,17?/m0/s1. The second-order valence-corrected chi connectivity index (χ2v) is 4.96. The molecule has 0 aliphatic carbocycles. The predicted octanol–water partition coefficient (Wildman–Crippen LogP) is 4.77. The van der Waals surface area contributed by atoms with Crippen molar-refractivity contribution in [2.24, 2.45) is 0 Å². The Kier molecular flexibility index (Phi) is 4.85. The molecule has 2 aromatic carbocycles. The van der Waals surface area contributed by atoms with E-state index in [2.05, 4.69) is 12.2 Å². The fourth-order valence-electron chi connectivity index (χ4n) is 2.32. The molecule has 2 aromatic rings. The second-order valence-electron chi connectivity index (χ2n) is 4.96. The first-order valence-electron chi connectivity index (χ1n) is 6.87. The van der Waals surface area contributed by atoms with Crippen LogP contribution < -0.4 is 5.32 Å². The molecule has 0 heterocycles. The Hall–Kier alpha value is -1.74. The van der Waals surface area contributed by atoms with Gasteiger partial charge in [-0.25, -0.2) is 8.78 Å². The SMILES string of the molecule is CCC(N[C@@H](C)c1cccc(F)c1)c1ccc(F)cc1. The molecular formula is C17H19F2N. The van der Waals surface area contributed by atoms with Crippen LogP contribution in [0.4, 0.5) is 8.78 Å². The quantitative estimate of drug-likeness (QED) is 0.829. The molecular weight excluding hydrogens is 256 g/mol. The summed E-state index contributed by atoms with van der Waals surface area (Å²) in [4.78, 5) is 0. The van der Waals surface area contributed by atoms with E-state index in [9.17, 15) is 8.78 Å². The molecule has 1 unspecified atom stereocenters. The van der Waals surface area contributed by atoms with Gasteiger partial charge < -0.3 is 5.32 Å². The van der Waals surface area contributed by atoms with Gasteiger partial charge in [-0.15, -0.1) is 0 Å². The Morgan fingerprint density at radius 2 is 1.65 bits per heavy atom. The molecule has 2 atom stereocenters. The molecule has 3 heteroatoms. The maximum Gasteiger partial charge on any atom is 0.123 e. The van der Waals surface area contributed by atoms with Gasteiger partial charge in [-0.2, -0.15) is 0 Å². The largest absolute Gasteiger partial charge is 0.303 e. The van der Waals surface area contributed by atoms with E-state index >= 15 is 0 Å². The summed E-state index contributed by atoms with van der Waals surface area (Å²) in [5, 5.41) is 3.46. The lowest BCUT2D eigenvalue weighted by Gasteiger charge is -2.23. The van der Waals surface area contributed by atoms with Crippen LogP contribution in [0.3, 0.4) is 0 Å². The molecule has 1 nitrogen and oxygen atoms in total. The molecule has 20 heavy (non-hydrogen) atoms. The smallest absolute Gasteiger partial charge is 0.123 e. The highest BCUT2D eigenvalue weighted by molar-refractivity contribution is 5.23. The van der Waals surface area contributed by atoms with Gasteiger partial charge in [-0.3, -0.25) is 0 Å². The summed E-state index contributed by atoms with van der Waals surface area (Å²) in [6, 6.07) is 13.2. The number of nitrogens with one attached hydrogen (secondary N) is 1. The zero-order valence-electron chi connectivity index (χ0n) is 11.7. The Morgan fingerprint density at radius 3 is 2.25 bits per heavy atom. The van der Waals surface area contributed by atoms with Gasteiger partial charge in [-0.1, -0.05) is 31.2 Å². The van der Waals surface area contributed by atoms with Crippen LogP contribution >= 0.6 is 0 Å². The van der Waals surface area contributed by atoms with Crippen LogP contribution in [0.15, 0.2) is 48.5 Å². The third-order valence-corrected chi connectivity index (χ3v) is 3.48. The second kappa shape index (κ2) is 6.62. The average Bonchev–Trinajstić information content (AvgIpc) is 2.45. The lowest BCUT2D eigenvalue weighted by molar-refractivity contribution is 0.454. The number of hydrogen-bond donors (Lipinski definition) is 1. The molecule has 0 aromatic heterocycles. The minimum Gasteiger partial charge on any atom is -0.303 e. The normalized spacial score (nSPS) is 14.0. The molecule has 0 spiro atoms. The first kappa shape index (κ1) is 14.7. The summed E-state index contributed by atoms with van der Waals surface area (Å²) in [5.41, 5.74) is 1.95. The molecule has 0 bridgehead atoms. The Balaban J connectivity index is 2.11. The molecule has 0 aliphatic rings. The average molecular weight is 275 g/mol. The van der Waals surface area contributed by atoms with Gasteiger partial charge >= 0.3 is 0 Å². The van der Waals surface area contributed by atoms with Crippen LogP contribution in [0.5, 0.6) is 0 Å². The first-order valence-corrected chi connectivity index (χ1v) is 6.87. The zero-order valence-corrected chi connectivity index (χ0v) is 11.7. The molecule has 106 valence electrons. The fourth-order valence-corrected chi connectivity index (χ4v) is 2.32. The van der Waals surface area contributed by atoms with E-state index in [1.165, 1.54) is 24.3 Å². The van der Waals surface area contributed by atoms with E-state index in [-0.39, 0.29) is 23.7 Å². The van der Waals surface area contributed by atoms with E-state index in [0.717, 1.165) is 17.5 Å². The Bertz CT molecular complexity index is 551. The van der Waals surface area contributed by atoms with E-state index in [1.54, 1.807) is 18.2 Å². The molecule has 1 N–H and O–H groups in total. The predicted molar refractivity (Wildman–Crippen MR) is 77.4 cm³/mol. The highest BCUT2D eigenvalue weighted by Crippen LogP contribution is 2.22. The van der Waals surface area contributed by atoms with Crippen molar-refractivity contribution in [3.63, 3.8) is 0 Å². The third-order valence-electron chi connectivity index (χ3n) is 3.48. The lowest BCUT2D eigenvalue weighted by atomic mass is 10.0. The van der Waals surface area contributed by atoms with Gasteiger partial charge in [0.05, 0.1) is 0 Å². The van der Waals surface area contributed by atoms with Crippen molar-refractivity contribution >= 4 is 0 Å². The number of halogens is 2. The van der Waals surface area contributed by atoms with E-state index in [1.807, 2.05) is 13.0 Å². The summed E-state index contributed by atoms with van der Waals surface area (Å²) in [6.07, 6.45) is 0.880. The molecule has 0 radical (unpaired) electrons. The van der Waals surface area contributed by atoms with Crippen molar-refractivity contribution < 1.29 is 8.78 Å². The number of benzene rings is 2. The Morgan fingerprint density at radius 1 is 0.950 bits per heavy atom. The first-order chi connectivity index (χ1) is 9.60. The monoisotopic (exact) mass is 275 g/mol. The van der Waals surface area contributed by atoms with Crippen LogP contribution in [0.2, 0.25) is 0 Å². The fraction of sp³-hybridized carbons (Fsp3) is 0.294. The van der Waals surface area contributed by atoms with Gasteiger partial charge in [0.2, 0.25) is 0 Å². The topological polar surface area (TPSA) is 12.0 Å². The molecule has 0 saturated carbocycles. The molecule has 0 aliphatic heterocycles. The minimum atomic E-state index is -0.234. The van der Waals surface area contributed by atoms with E-state index < -0.39 is 0 Å². The maximum absolute atomic E-state index is 13.2. The summed E-state index contributed by atoms with van der Waals surface area (Å²) in [7, 11) is 0.